The summed E-state index contributed by atoms with van der Waals surface area (Å²) < 4.78 is 36.6. The predicted octanol–water partition coefficient (Wildman–Crippen LogP) is 1.90. The smallest absolute Gasteiger partial charge is 0.412 e. The van der Waals surface area contributed by atoms with Crippen molar-refractivity contribution in [1.29, 1.82) is 0 Å². The summed E-state index contributed by atoms with van der Waals surface area (Å²) in [4.78, 5) is 9.48. The molecule has 0 aromatic rings. The predicted molar refractivity (Wildman–Crippen MR) is 105 cm³/mol. The maximum Gasteiger partial charge on any atom is 0.679 e. The summed E-state index contributed by atoms with van der Waals surface area (Å²) in [6.07, 6.45) is 0. The fraction of sp³-hybridized carbons (Fsp3) is 1.00. The summed E-state index contributed by atoms with van der Waals surface area (Å²) in [5.41, 5.74) is 0. The van der Waals surface area contributed by atoms with Crippen LogP contribution < -0.4 is 0 Å². The standard InChI is InChI=1S/C8H20O4Si.C6H16O4Si.CH4.H2O/c1-5-9-13(10-6-2,11-7-3)12-8-4;1-4-8-11(7,9-5-2)10-6-3;;/h5-8H2,1-4H3;7H,4-6H2,1-3H3;1H4;1H2. The Labute approximate surface area is 162 Å². The first-order valence-corrected chi connectivity index (χ1v) is 11.9. The van der Waals surface area contributed by atoms with Gasteiger partial charge in [0.15, 0.2) is 0 Å². The van der Waals surface area contributed by atoms with Gasteiger partial charge in [0.25, 0.3) is 0 Å². The molecule has 0 aromatic heterocycles. The SMILES string of the molecule is C.CCO[Si](O)(OCC)OCC.CCO[Si](OCC)(OCC)OCC.O. The second kappa shape index (κ2) is 21.4. The third-order valence-electron chi connectivity index (χ3n) is 2.26. The summed E-state index contributed by atoms with van der Waals surface area (Å²) in [5.74, 6) is 0. The third-order valence-corrected chi connectivity index (χ3v) is 6.79. The van der Waals surface area contributed by atoms with Crippen molar-refractivity contribution in [3.63, 3.8) is 0 Å². The molecule has 0 radical (unpaired) electrons. The zero-order valence-corrected chi connectivity index (χ0v) is 18.8. The lowest BCUT2D eigenvalue weighted by Gasteiger charge is -2.26. The van der Waals surface area contributed by atoms with E-state index in [0.717, 1.165) is 0 Å². The molecule has 9 nitrogen and oxygen atoms in total. The van der Waals surface area contributed by atoms with E-state index in [1.807, 2.05) is 27.7 Å². The van der Waals surface area contributed by atoms with Gasteiger partial charge >= 0.3 is 18.1 Å². The maximum atomic E-state index is 9.48. The fourth-order valence-electron chi connectivity index (χ4n) is 1.63. The van der Waals surface area contributed by atoms with Gasteiger partial charge in [0.2, 0.25) is 0 Å². The Kier molecular flexibility index (Phi) is 27.7. The zero-order chi connectivity index (χ0) is 18.9. The molecule has 0 aliphatic carbocycles. The Balaban J connectivity index is -0.000000175. The Morgan fingerprint density at radius 3 is 0.846 bits per heavy atom. The van der Waals surface area contributed by atoms with E-state index in [9.17, 15) is 4.80 Å². The van der Waals surface area contributed by atoms with E-state index in [-0.39, 0.29) is 12.9 Å². The van der Waals surface area contributed by atoms with Crippen molar-refractivity contribution >= 4 is 18.1 Å². The van der Waals surface area contributed by atoms with Gasteiger partial charge in [0.05, 0.1) is 0 Å². The van der Waals surface area contributed by atoms with Gasteiger partial charge in [-0.3, -0.25) is 0 Å². The van der Waals surface area contributed by atoms with E-state index in [1.165, 1.54) is 0 Å². The van der Waals surface area contributed by atoms with Crippen molar-refractivity contribution in [2.75, 3.05) is 46.2 Å². The molecule has 0 unspecified atom stereocenters. The lowest BCUT2D eigenvalue weighted by atomic mass is 10.9. The molecule has 0 aliphatic rings. The monoisotopic (exact) mass is 422 g/mol. The first-order chi connectivity index (χ1) is 11.4. The highest BCUT2D eigenvalue weighted by molar-refractivity contribution is 6.53. The molecule has 26 heavy (non-hydrogen) atoms. The second-order valence-corrected chi connectivity index (χ2v) is 8.12. The van der Waals surface area contributed by atoms with Crippen molar-refractivity contribution in [3.05, 3.63) is 0 Å². The highest BCUT2D eigenvalue weighted by Crippen LogP contribution is 2.11. The minimum atomic E-state index is -3.25. The van der Waals surface area contributed by atoms with Crippen molar-refractivity contribution in [3.8, 4) is 0 Å². The van der Waals surface area contributed by atoms with Crippen molar-refractivity contribution < 1.29 is 41.3 Å². The Morgan fingerprint density at radius 2 is 0.692 bits per heavy atom. The molecule has 0 fully saturated rings. The average Bonchev–Trinajstić information content (AvgIpc) is 2.49. The van der Waals surface area contributed by atoms with Crippen LogP contribution in [0.15, 0.2) is 0 Å². The third kappa shape index (κ3) is 16.3. The van der Waals surface area contributed by atoms with E-state index in [2.05, 4.69) is 0 Å². The normalized spacial score (nSPS) is 11.1. The molecule has 0 amide bonds. The van der Waals surface area contributed by atoms with E-state index in [0.29, 0.717) is 46.2 Å². The number of hydrogen-bond acceptors (Lipinski definition) is 8. The molecule has 3 N–H and O–H groups in total. The van der Waals surface area contributed by atoms with E-state index >= 15 is 0 Å². The van der Waals surface area contributed by atoms with Crippen LogP contribution >= 0.6 is 0 Å². The molecule has 0 heterocycles. The second-order valence-electron chi connectivity index (χ2n) is 4.05. The van der Waals surface area contributed by atoms with Crippen LogP contribution in [0.25, 0.3) is 0 Å². The minimum absolute atomic E-state index is 0. The summed E-state index contributed by atoms with van der Waals surface area (Å²) in [5, 5.41) is 0. The van der Waals surface area contributed by atoms with Gasteiger partial charge < -0.3 is 41.3 Å². The van der Waals surface area contributed by atoms with Gasteiger partial charge in [0, 0.05) is 46.2 Å². The van der Waals surface area contributed by atoms with Crippen LogP contribution in [0.5, 0.6) is 0 Å². The first-order valence-electron chi connectivity index (χ1n) is 8.62. The molecule has 0 rings (SSSR count). The summed E-state index contributed by atoms with van der Waals surface area (Å²) >= 11 is 0. The van der Waals surface area contributed by atoms with Crippen LogP contribution in [0.2, 0.25) is 0 Å². The summed E-state index contributed by atoms with van der Waals surface area (Å²) in [6, 6.07) is 0. The van der Waals surface area contributed by atoms with Crippen LogP contribution in [-0.2, 0) is 31.0 Å². The van der Waals surface area contributed by atoms with E-state index in [4.69, 9.17) is 31.0 Å². The minimum Gasteiger partial charge on any atom is -0.412 e. The Bertz CT molecular complexity index is 227. The molecule has 0 aromatic carbocycles. The first kappa shape index (κ1) is 33.6. The molecule has 11 heteroatoms. The van der Waals surface area contributed by atoms with E-state index < -0.39 is 18.1 Å². The topological polar surface area (TPSA) is 116 Å². The molecule has 0 bridgehead atoms. The largest absolute Gasteiger partial charge is 0.679 e. The van der Waals surface area contributed by atoms with Crippen LogP contribution in [0.1, 0.15) is 55.9 Å². The van der Waals surface area contributed by atoms with Crippen LogP contribution in [0, 0.1) is 0 Å². The molecule has 0 atom stereocenters. The number of hydrogen-bond donors (Lipinski definition) is 1. The zero-order valence-electron chi connectivity index (χ0n) is 16.8. The highest BCUT2D eigenvalue weighted by Gasteiger charge is 2.44. The van der Waals surface area contributed by atoms with Gasteiger partial charge in [-0.2, -0.15) is 0 Å². The molecule has 0 spiro atoms. The van der Waals surface area contributed by atoms with Gasteiger partial charge in [-0.15, -0.1) is 0 Å². The Morgan fingerprint density at radius 1 is 0.500 bits per heavy atom. The molecular weight excluding hydrogens is 380 g/mol. The average molecular weight is 423 g/mol. The van der Waals surface area contributed by atoms with Gasteiger partial charge in [0.1, 0.15) is 0 Å². The fourth-order valence-corrected chi connectivity index (χ4v) is 4.89. The quantitative estimate of drug-likeness (QED) is 0.422. The van der Waals surface area contributed by atoms with Crippen molar-refractivity contribution in [1.82, 2.24) is 0 Å². The van der Waals surface area contributed by atoms with Crippen LogP contribution in [0.4, 0.5) is 0 Å². The van der Waals surface area contributed by atoms with Crippen molar-refractivity contribution in [2.24, 2.45) is 0 Å². The highest BCUT2D eigenvalue weighted by atomic mass is 28.4. The molecular formula is C15H42O9Si2. The maximum absolute atomic E-state index is 9.48. The van der Waals surface area contributed by atoms with Gasteiger partial charge in [-0.25, -0.2) is 0 Å². The lowest BCUT2D eigenvalue weighted by Crippen LogP contribution is -2.49. The lowest BCUT2D eigenvalue weighted by molar-refractivity contribution is -0.0247. The molecule has 164 valence electrons. The van der Waals surface area contributed by atoms with E-state index in [1.54, 1.807) is 20.8 Å². The molecule has 0 aliphatic heterocycles. The summed E-state index contributed by atoms with van der Waals surface area (Å²) in [6.45, 7) is 16.4. The van der Waals surface area contributed by atoms with Crippen LogP contribution in [0.3, 0.4) is 0 Å². The van der Waals surface area contributed by atoms with Crippen molar-refractivity contribution in [2.45, 2.75) is 55.9 Å². The van der Waals surface area contributed by atoms with Gasteiger partial charge in [-0.05, 0) is 48.5 Å². The van der Waals surface area contributed by atoms with Gasteiger partial charge in [-0.1, -0.05) is 7.43 Å². The van der Waals surface area contributed by atoms with Crippen LogP contribution in [-0.4, -0.2) is 74.6 Å². The molecule has 0 saturated heterocycles. The number of rotatable bonds is 14. The molecule has 0 saturated carbocycles. The Hall–Kier alpha value is 0.0738. The summed E-state index contributed by atoms with van der Waals surface area (Å²) in [7, 11) is -6.04.